The summed E-state index contributed by atoms with van der Waals surface area (Å²) in [6.07, 6.45) is 1.51. The van der Waals surface area contributed by atoms with Gasteiger partial charge in [-0.1, -0.05) is 47.5 Å². The van der Waals surface area contributed by atoms with Gasteiger partial charge in [0.05, 0.1) is 16.8 Å². The number of ether oxygens (including phenoxy) is 2. The Labute approximate surface area is 228 Å². The van der Waals surface area contributed by atoms with E-state index in [1.165, 1.54) is 11.0 Å². The second kappa shape index (κ2) is 11.2. The van der Waals surface area contributed by atoms with Gasteiger partial charge in [0.1, 0.15) is 12.2 Å². The molecule has 1 saturated heterocycles. The number of carbonyl (C=O) groups is 2. The first-order valence-electron chi connectivity index (χ1n) is 11.1. The van der Waals surface area contributed by atoms with Gasteiger partial charge in [0.2, 0.25) is 0 Å². The van der Waals surface area contributed by atoms with Gasteiger partial charge in [0.25, 0.3) is 11.8 Å². The molecule has 1 N–H and O–H groups in total. The number of thiocarbonyl (C=S) groups is 1. The van der Waals surface area contributed by atoms with Crippen molar-refractivity contribution in [1.29, 1.82) is 0 Å². The van der Waals surface area contributed by atoms with E-state index in [0.717, 1.165) is 11.1 Å². The van der Waals surface area contributed by atoms with Crippen LogP contribution in [-0.4, -0.2) is 23.5 Å². The molecule has 0 spiro atoms. The predicted molar refractivity (Wildman–Crippen MR) is 148 cm³/mol. The number of benzene rings is 3. The summed E-state index contributed by atoms with van der Waals surface area (Å²) in [4.78, 5) is 27.3. The number of nitrogens with one attached hydrogen (secondary N) is 1. The molecule has 0 saturated carbocycles. The molecular formula is C27H22BrClN2O4S. The molecule has 1 aliphatic rings. The van der Waals surface area contributed by atoms with E-state index in [9.17, 15) is 9.59 Å². The standard InChI is InChI=1S/C27H22BrClN2O4S/c1-3-34-23-14-17(13-21(28)24(23)35-15-18-6-4-5-7-22(18)29)12-20-25(32)30-27(36)31(26(20)33)19-10-8-16(2)9-11-19/h4-14H,3,15H2,1-2H3,(H,30,32,36)/b20-12-. The Morgan fingerprint density at radius 2 is 1.81 bits per heavy atom. The van der Waals surface area contributed by atoms with E-state index in [1.54, 1.807) is 30.3 Å². The highest BCUT2D eigenvalue weighted by molar-refractivity contribution is 9.10. The zero-order valence-electron chi connectivity index (χ0n) is 19.5. The fourth-order valence-corrected chi connectivity index (χ4v) is 4.64. The molecule has 0 bridgehead atoms. The van der Waals surface area contributed by atoms with Gasteiger partial charge in [0.15, 0.2) is 16.6 Å². The third-order valence-electron chi connectivity index (χ3n) is 5.37. The van der Waals surface area contributed by atoms with Crippen molar-refractivity contribution >= 4 is 68.4 Å². The Kier molecular flexibility index (Phi) is 8.08. The molecule has 0 aliphatic carbocycles. The normalized spacial score (nSPS) is 14.7. The van der Waals surface area contributed by atoms with Gasteiger partial charge < -0.3 is 9.47 Å². The molecule has 9 heteroatoms. The summed E-state index contributed by atoms with van der Waals surface area (Å²) < 4.78 is 12.4. The first-order valence-corrected chi connectivity index (χ1v) is 12.7. The molecule has 3 aromatic rings. The van der Waals surface area contributed by atoms with Crippen LogP contribution in [0.5, 0.6) is 11.5 Å². The summed E-state index contributed by atoms with van der Waals surface area (Å²) in [5.41, 5.74) is 2.96. The van der Waals surface area contributed by atoms with E-state index >= 15 is 0 Å². The molecule has 184 valence electrons. The van der Waals surface area contributed by atoms with Crippen molar-refractivity contribution < 1.29 is 19.1 Å². The van der Waals surface area contributed by atoms with Gasteiger partial charge in [-0.2, -0.15) is 0 Å². The maximum absolute atomic E-state index is 13.3. The lowest BCUT2D eigenvalue weighted by atomic mass is 10.1. The van der Waals surface area contributed by atoms with Crippen LogP contribution >= 0.6 is 39.7 Å². The quantitative estimate of drug-likeness (QED) is 0.203. The maximum Gasteiger partial charge on any atom is 0.270 e. The Bertz CT molecular complexity index is 1370. The van der Waals surface area contributed by atoms with Crippen molar-refractivity contribution in [3.05, 3.63) is 92.4 Å². The number of carbonyl (C=O) groups excluding carboxylic acids is 2. The number of amides is 2. The van der Waals surface area contributed by atoms with Gasteiger partial charge in [-0.05, 0) is 84.0 Å². The molecule has 1 heterocycles. The van der Waals surface area contributed by atoms with E-state index in [0.29, 0.717) is 38.9 Å². The van der Waals surface area contributed by atoms with E-state index in [-0.39, 0.29) is 17.3 Å². The van der Waals surface area contributed by atoms with Crippen LogP contribution in [-0.2, 0) is 16.2 Å². The summed E-state index contributed by atoms with van der Waals surface area (Å²) in [7, 11) is 0. The highest BCUT2D eigenvalue weighted by Crippen LogP contribution is 2.38. The van der Waals surface area contributed by atoms with E-state index < -0.39 is 11.8 Å². The van der Waals surface area contributed by atoms with Crippen molar-refractivity contribution in [2.75, 3.05) is 11.5 Å². The largest absolute Gasteiger partial charge is 0.490 e. The summed E-state index contributed by atoms with van der Waals surface area (Å²) >= 11 is 15.1. The lowest BCUT2D eigenvalue weighted by Gasteiger charge is -2.29. The van der Waals surface area contributed by atoms with Crippen LogP contribution in [0, 0.1) is 6.92 Å². The topological polar surface area (TPSA) is 67.9 Å². The number of anilines is 1. The fraction of sp³-hybridized carbons (Fsp3) is 0.148. The molecule has 3 aromatic carbocycles. The van der Waals surface area contributed by atoms with Gasteiger partial charge in [-0.3, -0.25) is 19.8 Å². The zero-order chi connectivity index (χ0) is 25.8. The number of nitrogens with zero attached hydrogens (tertiary/aromatic N) is 1. The highest BCUT2D eigenvalue weighted by atomic mass is 79.9. The Balaban J connectivity index is 1.66. The van der Waals surface area contributed by atoms with Crippen LogP contribution < -0.4 is 19.7 Å². The van der Waals surface area contributed by atoms with E-state index in [4.69, 9.17) is 33.3 Å². The van der Waals surface area contributed by atoms with Crippen LogP contribution in [0.1, 0.15) is 23.6 Å². The van der Waals surface area contributed by atoms with Crippen molar-refractivity contribution in [2.24, 2.45) is 0 Å². The smallest absolute Gasteiger partial charge is 0.270 e. The molecule has 0 atom stereocenters. The Morgan fingerprint density at radius 1 is 1.08 bits per heavy atom. The Hall–Kier alpha value is -3.20. The first-order chi connectivity index (χ1) is 17.3. The molecule has 4 rings (SSSR count). The maximum atomic E-state index is 13.3. The number of hydrogen-bond acceptors (Lipinski definition) is 5. The highest BCUT2D eigenvalue weighted by Gasteiger charge is 2.34. The second-order valence-electron chi connectivity index (χ2n) is 7.94. The number of aryl methyl sites for hydroxylation is 1. The van der Waals surface area contributed by atoms with Crippen LogP contribution in [0.4, 0.5) is 5.69 Å². The molecule has 0 radical (unpaired) electrons. The van der Waals surface area contributed by atoms with Gasteiger partial charge in [0, 0.05) is 10.6 Å². The number of rotatable bonds is 7. The summed E-state index contributed by atoms with van der Waals surface area (Å²) in [5, 5.41) is 3.24. The second-order valence-corrected chi connectivity index (χ2v) is 9.58. The third kappa shape index (κ3) is 5.61. The molecule has 0 aromatic heterocycles. The van der Waals surface area contributed by atoms with Crippen molar-refractivity contribution in [1.82, 2.24) is 5.32 Å². The van der Waals surface area contributed by atoms with Crippen molar-refractivity contribution in [2.45, 2.75) is 20.5 Å². The molecule has 36 heavy (non-hydrogen) atoms. The summed E-state index contributed by atoms with van der Waals surface area (Å²) in [6, 6.07) is 18.2. The van der Waals surface area contributed by atoms with Gasteiger partial charge >= 0.3 is 0 Å². The number of halogens is 2. The summed E-state index contributed by atoms with van der Waals surface area (Å²) in [5.74, 6) is -0.136. The van der Waals surface area contributed by atoms with Crippen molar-refractivity contribution in [3.63, 3.8) is 0 Å². The summed E-state index contributed by atoms with van der Waals surface area (Å²) in [6.45, 7) is 4.44. The fourth-order valence-electron chi connectivity index (χ4n) is 3.59. The van der Waals surface area contributed by atoms with Crippen LogP contribution in [0.3, 0.4) is 0 Å². The number of hydrogen-bond donors (Lipinski definition) is 1. The minimum atomic E-state index is -0.568. The van der Waals surface area contributed by atoms with Gasteiger partial charge in [-0.15, -0.1) is 0 Å². The molecule has 2 amide bonds. The van der Waals surface area contributed by atoms with Gasteiger partial charge in [-0.25, -0.2) is 0 Å². The average Bonchev–Trinajstić information content (AvgIpc) is 2.83. The van der Waals surface area contributed by atoms with Crippen LogP contribution in [0.15, 0.2) is 70.7 Å². The molecular weight excluding hydrogens is 564 g/mol. The Morgan fingerprint density at radius 3 is 2.50 bits per heavy atom. The molecule has 1 aliphatic heterocycles. The van der Waals surface area contributed by atoms with Crippen LogP contribution in [0.2, 0.25) is 5.02 Å². The average molecular weight is 586 g/mol. The monoisotopic (exact) mass is 584 g/mol. The van der Waals surface area contributed by atoms with Crippen molar-refractivity contribution in [3.8, 4) is 11.5 Å². The van der Waals surface area contributed by atoms with E-state index in [1.807, 2.05) is 44.2 Å². The van der Waals surface area contributed by atoms with E-state index in [2.05, 4.69) is 21.2 Å². The van der Waals surface area contributed by atoms with Crippen LogP contribution in [0.25, 0.3) is 6.08 Å². The molecule has 1 fully saturated rings. The molecule has 6 nitrogen and oxygen atoms in total. The molecule has 0 unspecified atom stereocenters. The minimum Gasteiger partial charge on any atom is -0.490 e. The SMILES string of the molecule is CCOc1cc(/C=C2/C(=O)NC(=S)N(c3ccc(C)cc3)C2=O)cc(Br)c1OCc1ccccc1Cl. The lowest BCUT2D eigenvalue weighted by Crippen LogP contribution is -2.54. The minimum absolute atomic E-state index is 0.0329. The third-order valence-corrected chi connectivity index (χ3v) is 6.61. The predicted octanol–water partition coefficient (Wildman–Crippen LogP) is 6.22. The lowest BCUT2D eigenvalue weighted by molar-refractivity contribution is -0.122. The first kappa shape index (κ1) is 25.9. The zero-order valence-corrected chi connectivity index (χ0v) is 22.7.